The first-order valence-electron chi connectivity index (χ1n) is 5.77. The standard InChI is InChI=1S/C10H19N3O2S/c11-10(12)3-5-13(8-1-2-8)9-4-6-16(14,15)7-9/h8-9H,1-7H2,(H3,11,12). The molecule has 0 aromatic heterocycles. The smallest absolute Gasteiger partial charge is 0.151 e. The molecular formula is C10H19N3O2S. The van der Waals surface area contributed by atoms with E-state index in [-0.39, 0.29) is 11.9 Å². The second-order valence-electron chi connectivity index (χ2n) is 4.80. The van der Waals surface area contributed by atoms with Crippen LogP contribution in [-0.2, 0) is 9.84 Å². The van der Waals surface area contributed by atoms with Gasteiger partial charge in [-0.15, -0.1) is 0 Å². The monoisotopic (exact) mass is 245 g/mol. The van der Waals surface area contributed by atoms with E-state index in [2.05, 4.69) is 4.90 Å². The third kappa shape index (κ3) is 2.95. The lowest BCUT2D eigenvalue weighted by Gasteiger charge is -2.27. The van der Waals surface area contributed by atoms with Crippen LogP contribution in [0.15, 0.2) is 0 Å². The summed E-state index contributed by atoms with van der Waals surface area (Å²) < 4.78 is 22.9. The minimum Gasteiger partial charge on any atom is -0.388 e. The Morgan fingerprint density at radius 3 is 2.44 bits per heavy atom. The molecule has 1 saturated carbocycles. The molecule has 1 heterocycles. The molecule has 2 rings (SSSR count). The van der Waals surface area contributed by atoms with Gasteiger partial charge in [0, 0.05) is 25.0 Å². The predicted octanol–water partition coefficient (Wildman–Crippen LogP) is -0.0360. The van der Waals surface area contributed by atoms with E-state index < -0.39 is 9.84 Å². The lowest BCUT2D eigenvalue weighted by atomic mass is 10.2. The quantitative estimate of drug-likeness (QED) is 0.526. The minimum atomic E-state index is -2.81. The van der Waals surface area contributed by atoms with Gasteiger partial charge in [-0.05, 0) is 19.3 Å². The van der Waals surface area contributed by atoms with E-state index in [9.17, 15) is 8.42 Å². The van der Waals surface area contributed by atoms with Crippen LogP contribution >= 0.6 is 0 Å². The van der Waals surface area contributed by atoms with Gasteiger partial charge in [0.2, 0.25) is 0 Å². The maximum Gasteiger partial charge on any atom is 0.151 e. The SMILES string of the molecule is N=C(N)CCN(C1CC1)C1CCS(=O)(=O)C1. The van der Waals surface area contributed by atoms with Crippen LogP contribution in [0.5, 0.6) is 0 Å². The number of amidine groups is 1. The zero-order valence-electron chi connectivity index (χ0n) is 9.35. The van der Waals surface area contributed by atoms with Crippen molar-refractivity contribution in [2.45, 2.75) is 37.8 Å². The number of hydrogen-bond donors (Lipinski definition) is 2. The van der Waals surface area contributed by atoms with E-state index in [1.807, 2.05) is 0 Å². The Labute approximate surface area is 96.4 Å². The van der Waals surface area contributed by atoms with Gasteiger partial charge in [-0.3, -0.25) is 10.3 Å². The molecule has 1 unspecified atom stereocenters. The lowest BCUT2D eigenvalue weighted by Crippen LogP contribution is -2.39. The second kappa shape index (κ2) is 4.33. The fourth-order valence-electron chi connectivity index (χ4n) is 2.36. The molecule has 0 aromatic carbocycles. The van der Waals surface area contributed by atoms with Gasteiger partial charge >= 0.3 is 0 Å². The van der Waals surface area contributed by atoms with Crippen molar-refractivity contribution in [3.63, 3.8) is 0 Å². The average molecular weight is 245 g/mol. The Bertz CT molecular complexity index is 376. The highest BCUT2D eigenvalue weighted by Crippen LogP contribution is 2.32. The van der Waals surface area contributed by atoms with Crippen LogP contribution in [0.3, 0.4) is 0 Å². The van der Waals surface area contributed by atoms with Crippen LogP contribution < -0.4 is 5.73 Å². The fourth-order valence-corrected chi connectivity index (χ4v) is 4.10. The van der Waals surface area contributed by atoms with Crippen molar-refractivity contribution in [1.82, 2.24) is 4.90 Å². The third-order valence-electron chi connectivity index (χ3n) is 3.33. The van der Waals surface area contributed by atoms with E-state index in [0.717, 1.165) is 25.8 Å². The van der Waals surface area contributed by atoms with Crippen LogP contribution in [0.1, 0.15) is 25.7 Å². The Hall–Kier alpha value is -0.620. The molecule has 3 N–H and O–H groups in total. The molecule has 2 aliphatic rings. The molecule has 0 spiro atoms. The summed E-state index contributed by atoms with van der Waals surface area (Å²) in [5.74, 6) is 0.800. The Balaban J connectivity index is 1.95. The lowest BCUT2D eigenvalue weighted by molar-refractivity contribution is 0.208. The molecule has 1 atom stereocenters. The number of nitrogens with one attached hydrogen (secondary N) is 1. The number of sulfone groups is 1. The zero-order valence-corrected chi connectivity index (χ0v) is 10.2. The van der Waals surface area contributed by atoms with Gasteiger partial charge in [-0.25, -0.2) is 8.42 Å². The van der Waals surface area contributed by atoms with Crippen molar-refractivity contribution in [1.29, 1.82) is 5.41 Å². The van der Waals surface area contributed by atoms with E-state index >= 15 is 0 Å². The zero-order chi connectivity index (χ0) is 11.8. The first-order valence-corrected chi connectivity index (χ1v) is 7.59. The highest BCUT2D eigenvalue weighted by Gasteiger charge is 2.39. The van der Waals surface area contributed by atoms with Crippen LogP contribution in [0, 0.1) is 5.41 Å². The van der Waals surface area contributed by atoms with Crippen molar-refractivity contribution in [2.75, 3.05) is 18.1 Å². The first kappa shape index (κ1) is 11.9. The van der Waals surface area contributed by atoms with Crippen molar-refractivity contribution in [2.24, 2.45) is 5.73 Å². The summed E-state index contributed by atoms with van der Waals surface area (Å²) in [5, 5.41) is 7.23. The van der Waals surface area contributed by atoms with E-state index in [1.165, 1.54) is 0 Å². The molecule has 1 saturated heterocycles. The molecular weight excluding hydrogens is 226 g/mol. The van der Waals surface area contributed by atoms with Gasteiger partial charge in [0.25, 0.3) is 0 Å². The summed E-state index contributed by atoms with van der Waals surface area (Å²) in [5.41, 5.74) is 5.35. The molecule has 0 radical (unpaired) electrons. The third-order valence-corrected chi connectivity index (χ3v) is 5.08. The topological polar surface area (TPSA) is 87.2 Å². The molecule has 0 aromatic rings. The molecule has 1 aliphatic carbocycles. The molecule has 0 amide bonds. The van der Waals surface area contributed by atoms with Gasteiger partial charge in [-0.2, -0.15) is 0 Å². The molecule has 5 nitrogen and oxygen atoms in total. The highest BCUT2D eigenvalue weighted by atomic mass is 32.2. The van der Waals surface area contributed by atoms with Crippen LogP contribution in [0.25, 0.3) is 0 Å². The maximum absolute atomic E-state index is 11.4. The summed E-state index contributed by atoms with van der Waals surface area (Å²) in [6.45, 7) is 0.736. The maximum atomic E-state index is 11.4. The van der Waals surface area contributed by atoms with Gasteiger partial charge in [0.1, 0.15) is 0 Å². The number of hydrogen-bond acceptors (Lipinski definition) is 4. The second-order valence-corrected chi connectivity index (χ2v) is 7.03. The molecule has 2 fully saturated rings. The molecule has 6 heteroatoms. The first-order chi connectivity index (χ1) is 7.48. The Morgan fingerprint density at radius 1 is 1.31 bits per heavy atom. The van der Waals surface area contributed by atoms with E-state index in [4.69, 9.17) is 11.1 Å². The van der Waals surface area contributed by atoms with Gasteiger partial charge in [-0.1, -0.05) is 0 Å². The number of nitrogens with two attached hydrogens (primary N) is 1. The molecule has 16 heavy (non-hydrogen) atoms. The van der Waals surface area contributed by atoms with Crippen LogP contribution in [0.4, 0.5) is 0 Å². The average Bonchev–Trinajstić information content (AvgIpc) is 2.92. The van der Waals surface area contributed by atoms with E-state index in [0.29, 0.717) is 24.0 Å². The van der Waals surface area contributed by atoms with Crippen molar-refractivity contribution < 1.29 is 8.42 Å². The normalized spacial score (nSPS) is 28.4. The summed E-state index contributed by atoms with van der Waals surface area (Å²) >= 11 is 0. The summed E-state index contributed by atoms with van der Waals surface area (Å²) in [4.78, 5) is 2.26. The van der Waals surface area contributed by atoms with E-state index in [1.54, 1.807) is 0 Å². The Kier molecular flexibility index (Phi) is 3.21. The largest absolute Gasteiger partial charge is 0.388 e. The van der Waals surface area contributed by atoms with Crippen molar-refractivity contribution in [3.8, 4) is 0 Å². The number of rotatable bonds is 5. The summed E-state index contributed by atoms with van der Waals surface area (Å²) in [6, 6.07) is 0.703. The minimum absolute atomic E-state index is 0.164. The van der Waals surface area contributed by atoms with Crippen molar-refractivity contribution >= 4 is 15.7 Å². The highest BCUT2D eigenvalue weighted by molar-refractivity contribution is 7.91. The van der Waals surface area contributed by atoms with Crippen molar-refractivity contribution in [3.05, 3.63) is 0 Å². The van der Waals surface area contributed by atoms with Gasteiger partial charge < -0.3 is 5.73 Å². The summed E-state index contributed by atoms with van der Waals surface area (Å²) in [7, 11) is -2.81. The fraction of sp³-hybridized carbons (Fsp3) is 0.900. The molecule has 1 aliphatic heterocycles. The van der Waals surface area contributed by atoms with Gasteiger partial charge in [0.15, 0.2) is 9.84 Å². The molecule has 0 bridgehead atoms. The summed E-state index contributed by atoms with van der Waals surface area (Å²) in [6.07, 6.45) is 3.62. The molecule has 92 valence electrons. The van der Waals surface area contributed by atoms with Crippen LogP contribution in [-0.4, -0.2) is 49.3 Å². The number of nitrogens with zero attached hydrogens (tertiary/aromatic N) is 1. The Morgan fingerprint density at radius 2 is 2.00 bits per heavy atom. The van der Waals surface area contributed by atoms with Gasteiger partial charge in [0.05, 0.1) is 17.3 Å². The predicted molar refractivity (Wildman–Crippen MR) is 63.3 cm³/mol. The van der Waals surface area contributed by atoms with Crippen LogP contribution in [0.2, 0.25) is 0 Å².